The van der Waals surface area contributed by atoms with E-state index in [1.165, 1.54) is 96.3 Å². The number of unbranched alkanes of at least 4 members (excludes halogenated alkanes) is 21. The Morgan fingerprint density at radius 1 is 0.467 bits per heavy atom. The zero-order valence-corrected chi connectivity index (χ0v) is 49.9. The van der Waals surface area contributed by atoms with Gasteiger partial charge in [-0.3, -0.25) is 14.2 Å². The number of hydrogen-bond acceptors (Lipinski definition) is 7. The monoisotopic (exact) mass is 1060 g/mol. The molecule has 0 fully saturated rings. The molecule has 3 unspecified atom stereocenters. The number of nitrogens with zero attached hydrogens (tertiary/aromatic N) is 1. The topological polar surface area (TPSA) is 114 Å². The summed E-state index contributed by atoms with van der Waals surface area (Å²) in [4.78, 5) is 39.9. The zero-order chi connectivity index (χ0) is 55.0. The van der Waals surface area contributed by atoms with Crippen molar-refractivity contribution in [2.24, 2.45) is 0 Å². The van der Waals surface area contributed by atoms with Crippen molar-refractivity contribution in [2.75, 3.05) is 40.9 Å². The number of carbonyl (C=O) groups is 2. The first-order valence-electron chi connectivity index (χ1n) is 30.2. The third kappa shape index (κ3) is 55.2. The van der Waals surface area contributed by atoms with Crippen LogP contribution in [0.15, 0.2) is 109 Å². The highest BCUT2D eigenvalue weighted by atomic mass is 31.2. The molecule has 0 rings (SSSR count). The Morgan fingerprint density at radius 3 is 1.27 bits per heavy atom. The van der Waals surface area contributed by atoms with Crippen molar-refractivity contribution < 1.29 is 37.3 Å². The first-order valence-corrected chi connectivity index (χ1v) is 31.7. The van der Waals surface area contributed by atoms with Crippen LogP contribution in [0.3, 0.4) is 0 Å². The van der Waals surface area contributed by atoms with E-state index < -0.39 is 32.5 Å². The molecule has 10 heteroatoms. The minimum absolute atomic E-state index is 0.0403. The Hall–Kier alpha value is -3.33. The molecular weight excluding hydrogens is 952 g/mol. The fourth-order valence-electron chi connectivity index (χ4n) is 7.97. The van der Waals surface area contributed by atoms with Crippen molar-refractivity contribution in [2.45, 2.75) is 251 Å². The highest BCUT2D eigenvalue weighted by Crippen LogP contribution is 2.38. The minimum atomic E-state index is -4.72. The van der Waals surface area contributed by atoms with E-state index in [4.69, 9.17) is 13.8 Å². The van der Waals surface area contributed by atoms with Crippen molar-refractivity contribution in [1.82, 2.24) is 5.32 Å². The molecule has 0 aromatic heterocycles. The van der Waals surface area contributed by atoms with Crippen LogP contribution >= 0.6 is 7.82 Å². The van der Waals surface area contributed by atoms with Gasteiger partial charge < -0.3 is 28.5 Å². The Balaban J connectivity index is 5.38. The molecule has 0 spiro atoms. The summed E-state index contributed by atoms with van der Waals surface area (Å²) in [7, 11) is 1.13. The lowest BCUT2D eigenvalue weighted by Crippen LogP contribution is -2.47. The molecule has 0 radical (unpaired) electrons. The lowest BCUT2D eigenvalue weighted by molar-refractivity contribution is -0.870. The van der Waals surface area contributed by atoms with Crippen molar-refractivity contribution >= 4 is 19.7 Å². The maximum atomic E-state index is 13.5. The number of amides is 1. The number of carbonyl (C=O) groups excluding carboxylic acids is 2. The van der Waals surface area contributed by atoms with Crippen molar-refractivity contribution in [3.8, 4) is 0 Å². The van der Waals surface area contributed by atoms with Crippen molar-refractivity contribution in [3.63, 3.8) is 0 Å². The van der Waals surface area contributed by atoms with E-state index >= 15 is 0 Å². The average molecular weight is 1070 g/mol. The first-order chi connectivity index (χ1) is 36.4. The smallest absolute Gasteiger partial charge is 0.306 e. The number of rotatable bonds is 53. The molecule has 0 bridgehead atoms. The summed E-state index contributed by atoms with van der Waals surface area (Å²) in [6.07, 6.45) is 73.5. The molecule has 1 amide bonds. The van der Waals surface area contributed by atoms with Gasteiger partial charge in [-0.05, 0) is 115 Å². The van der Waals surface area contributed by atoms with Gasteiger partial charge in [0, 0.05) is 12.8 Å². The molecule has 0 aliphatic rings. The van der Waals surface area contributed by atoms with E-state index in [-0.39, 0.29) is 25.4 Å². The van der Waals surface area contributed by atoms with Gasteiger partial charge in [0.2, 0.25) is 5.91 Å². The summed E-state index contributed by atoms with van der Waals surface area (Å²) in [5, 5.41) is 3.00. The molecule has 0 heterocycles. The summed E-state index contributed by atoms with van der Waals surface area (Å²) in [5.74, 6) is -0.635. The number of allylic oxidation sites excluding steroid dienone is 17. The van der Waals surface area contributed by atoms with Crippen LogP contribution in [0, 0.1) is 0 Å². The third-order valence-corrected chi connectivity index (χ3v) is 13.6. The van der Waals surface area contributed by atoms with Crippen molar-refractivity contribution in [1.29, 1.82) is 0 Å². The third-order valence-electron chi connectivity index (χ3n) is 12.7. The van der Waals surface area contributed by atoms with E-state index in [2.05, 4.69) is 123 Å². The molecule has 0 saturated carbocycles. The molecule has 0 aromatic carbocycles. The van der Waals surface area contributed by atoms with Gasteiger partial charge in [0.1, 0.15) is 19.3 Å². The van der Waals surface area contributed by atoms with Gasteiger partial charge in [0.15, 0.2) is 0 Å². The van der Waals surface area contributed by atoms with Crippen LogP contribution < -0.4 is 10.2 Å². The van der Waals surface area contributed by atoms with Gasteiger partial charge >= 0.3 is 5.97 Å². The maximum absolute atomic E-state index is 13.5. The number of likely N-dealkylation sites (N-methyl/N-ethyl adjacent to an activating group) is 1. The largest absolute Gasteiger partial charge is 0.756 e. The summed E-state index contributed by atoms with van der Waals surface area (Å²) < 4.78 is 30.2. The molecule has 0 aromatic rings. The van der Waals surface area contributed by atoms with E-state index in [0.29, 0.717) is 23.9 Å². The lowest BCUT2D eigenvalue weighted by atomic mass is 10.1. The highest BCUT2D eigenvalue weighted by molar-refractivity contribution is 7.45. The van der Waals surface area contributed by atoms with Gasteiger partial charge in [0.25, 0.3) is 7.82 Å². The second kappa shape index (κ2) is 54.0. The maximum Gasteiger partial charge on any atom is 0.306 e. The van der Waals surface area contributed by atoms with Crippen LogP contribution in [-0.2, 0) is 27.9 Å². The molecular formula is C65H113N2O7P. The standard InChI is InChI=1S/C65H113N2O7P/c1-7-10-13-16-19-22-25-27-29-31-32-33-34-36-37-39-42-45-48-51-54-57-64(68)66-62(61-73-75(70,71)72-60-59-67(4,5)6)63(56-53-50-47-44-41-24-21-18-15-12-9-3)74-65(69)58-55-52-49-46-43-40-38-35-30-28-26-23-20-17-14-11-8-2/h19-20,22-23,27-30,32-33,36-38,40,46,49,53,56,62-63H,7-18,21,24-26,31,34-35,39,41-45,47-48,50-52,54-55,57-61H2,1-6H3,(H-,66,68,70,71)/b22-19-,23-20-,29-27-,30-28-,33-32-,37-36-,40-38-,49-46-,56-53-. The number of phosphoric ester groups is 1. The van der Waals surface area contributed by atoms with E-state index in [1.54, 1.807) is 6.08 Å². The summed E-state index contributed by atoms with van der Waals surface area (Å²) in [5.41, 5.74) is 0. The molecule has 3 atom stereocenters. The zero-order valence-electron chi connectivity index (χ0n) is 49.0. The summed E-state index contributed by atoms with van der Waals surface area (Å²) in [6, 6.07) is -0.927. The van der Waals surface area contributed by atoms with E-state index in [0.717, 1.165) is 96.3 Å². The first kappa shape index (κ1) is 71.7. The SMILES string of the molecule is CCCCC/C=C\C/C=C\C/C=C\C/C=C\CCCCCCCC(=O)NC(COP(=O)([O-])OCC[N+](C)(C)C)C(/C=C\CCCCCCCCCCC)OC(=O)CCC/C=C\C/C=C\C/C=C\C/C=C\CCCCC. The molecule has 0 aliphatic heterocycles. The number of nitrogens with one attached hydrogen (secondary N) is 1. The molecule has 9 nitrogen and oxygen atoms in total. The second-order valence-electron chi connectivity index (χ2n) is 21.1. The van der Waals surface area contributed by atoms with Crippen molar-refractivity contribution in [3.05, 3.63) is 109 Å². The van der Waals surface area contributed by atoms with Gasteiger partial charge in [0.05, 0.1) is 33.8 Å². The van der Waals surface area contributed by atoms with Crippen LogP contribution in [0.5, 0.6) is 0 Å². The number of esters is 1. The van der Waals surface area contributed by atoms with E-state index in [1.807, 2.05) is 27.2 Å². The molecule has 75 heavy (non-hydrogen) atoms. The Labute approximate surface area is 461 Å². The fraction of sp³-hybridized carbons (Fsp3) is 0.692. The predicted molar refractivity (Wildman–Crippen MR) is 320 cm³/mol. The second-order valence-corrected chi connectivity index (χ2v) is 22.6. The number of quaternary nitrogens is 1. The van der Waals surface area contributed by atoms with Crippen LogP contribution in [0.25, 0.3) is 0 Å². The quantitative estimate of drug-likeness (QED) is 0.0212. The minimum Gasteiger partial charge on any atom is -0.756 e. The number of ether oxygens (including phenoxy) is 1. The lowest BCUT2D eigenvalue weighted by Gasteiger charge is -2.30. The molecule has 1 N–H and O–H groups in total. The molecule has 0 saturated heterocycles. The highest BCUT2D eigenvalue weighted by Gasteiger charge is 2.27. The number of phosphoric acid groups is 1. The molecule has 430 valence electrons. The Morgan fingerprint density at radius 2 is 0.827 bits per heavy atom. The van der Waals surface area contributed by atoms with E-state index in [9.17, 15) is 19.0 Å². The average Bonchev–Trinajstić information content (AvgIpc) is 3.37. The summed E-state index contributed by atoms with van der Waals surface area (Å²) >= 11 is 0. The van der Waals surface area contributed by atoms with Gasteiger partial charge in [-0.2, -0.15) is 0 Å². The molecule has 0 aliphatic carbocycles. The fourth-order valence-corrected chi connectivity index (χ4v) is 8.69. The van der Waals surface area contributed by atoms with Gasteiger partial charge in [-0.25, -0.2) is 0 Å². The normalized spacial score (nSPS) is 14.5. The summed E-state index contributed by atoms with van der Waals surface area (Å²) in [6.45, 7) is 6.71. The van der Waals surface area contributed by atoms with Gasteiger partial charge in [-0.1, -0.05) is 220 Å². The van der Waals surface area contributed by atoms with Crippen LogP contribution in [0.4, 0.5) is 0 Å². The predicted octanol–water partition coefficient (Wildman–Crippen LogP) is 17.9. The van der Waals surface area contributed by atoms with Crippen LogP contribution in [0.2, 0.25) is 0 Å². The van der Waals surface area contributed by atoms with Crippen LogP contribution in [0.1, 0.15) is 239 Å². The Bertz CT molecular complexity index is 1650. The van der Waals surface area contributed by atoms with Gasteiger partial charge in [-0.15, -0.1) is 0 Å². The number of hydrogen-bond donors (Lipinski definition) is 1. The van der Waals surface area contributed by atoms with Crippen LogP contribution in [-0.4, -0.2) is 69.4 Å². The Kier molecular flexibility index (Phi) is 51.6.